The lowest BCUT2D eigenvalue weighted by Crippen LogP contribution is -2.59. The van der Waals surface area contributed by atoms with Crippen LogP contribution in [0.15, 0.2) is 0 Å². The molecule has 0 bridgehead atoms. The predicted molar refractivity (Wildman–Crippen MR) is 143 cm³/mol. The summed E-state index contributed by atoms with van der Waals surface area (Å²) in [5.74, 6) is 3.43. The first-order valence-corrected chi connectivity index (χ1v) is 15.7. The van der Waals surface area contributed by atoms with Crippen LogP contribution < -0.4 is 0 Å². The molecule has 0 spiro atoms. The second-order valence-corrected chi connectivity index (χ2v) is 14.1. The molecule has 4 saturated carbocycles. The first-order valence-electron chi connectivity index (χ1n) is 14.5. The quantitative estimate of drug-likeness (QED) is 0.381. The summed E-state index contributed by atoms with van der Waals surface area (Å²) in [5.41, 5.74) is 0.230. The number of carbonyl (C=O) groups is 2. The molecule has 0 aromatic rings. The zero-order valence-corrected chi connectivity index (χ0v) is 23.9. The number of aliphatic hydroxyl groups is 1. The van der Waals surface area contributed by atoms with Gasteiger partial charge in [0.25, 0.3) is 0 Å². The fourth-order valence-corrected chi connectivity index (χ4v) is 9.67. The molecular formula is C30H50O4S. The molecule has 200 valence electrons. The maximum Gasteiger partial charge on any atom is 0.308 e. The molecule has 35 heavy (non-hydrogen) atoms. The highest BCUT2D eigenvalue weighted by Gasteiger charge is 2.63. The van der Waals surface area contributed by atoms with Crippen molar-refractivity contribution in [1.29, 1.82) is 0 Å². The largest absolute Gasteiger partial charge is 0.462 e. The van der Waals surface area contributed by atoms with Crippen molar-refractivity contribution < 1.29 is 19.4 Å². The summed E-state index contributed by atoms with van der Waals surface area (Å²) in [6.07, 6.45) is 13.1. The number of hydrogen-bond acceptors (Lipinski definition) is 5. The maximum atomic E-state index is 12.4. The van der Waals surface area contributed by atoms with Crippen LogP contribution in [0.5, 0.6) is 0 Å². The van der Waals surface area contributed by atoms with Gasteiger partial charge in [-0.3, -0.25) is 9.59 Å². The van der Waals surface area contributed by atoms with Crippen molar-refractivity contribution in [3.05, 3.63) is 0 Å². The van der Waals surface area contributed by atoms with Crippen LogP contribution in [0.25, 0.3) is 0 Å². The lowest BCUT2D eigenvalue weighted by Gasteiger charge is -2.62. The van der Waals surface area contributed by atoms with Gasteiger partial charge in [0, 0.05) is 6.42 Å². The average molecular weight is 507 g/mol. The van der Waals surface area contributed by atoms with E-state index in [2.05, 4.69) is 20.8 Å². The van der Waals surface area contributed by atoms with Crippen molar-refractivity contribution in [1.82, 2.24) is 0 Å². The maximum absolute atomic E-state index is 12.4. The van der Waals surface area contributed by atoms with Gasteiger partial charge in [-0.2, -0.15) is 0 Å². The minimum Gasteiger partial charge on any atom is -0.462 e. The van der Waals surface area contributed by atoms with Gasteiger partial charge in [-0.15, -0.1) is 0 Å². The van der Waals surface area contributed by atoms with Crippen LogP contribution in [0.1, 0.15) is 105 Å². The molecule has 0 aliphatic heterocycles. The molecule has 0 heterocycles. The second kappa shape index (κ2) is 10.7. The number of thioether (sulfide) groups is 1. The van der Waals surface area contributed by atoms with Crippen LogP contribution >= 0.6 is 11.8 Å². The Hall–Kier alpha value is -0.550. The van der Waals surface area contributed by atoms with E-state index >= 15 is 0 Å². The summed E-state index contributed by atoms with van der Waals surface area (Å²) in [6, 6.07) is 0. The molecule has 1 N–H and O–H groups in total. The van der Waals surface area contributed by atoms with Gasteiger partial charge < -0.3 is 9.84 Å². The molecular weight excluding hydrogens is 456 g/mol. The van der Waals surface area contributed by atoms with Crippen molar-refractivity contribution in [3.8, 4) is 0 Å². The Morgan fingerprint density at radius 3 is 2.49 bits per heavy atom. The van der Waals surface area contributed by atoms with Gasteiger partial charge in [0.2, 0.25) is 0 Å². The highest BCUT2D eigenvalue weighted by molar-refractivity contribution is 8.13. The number of fused-ring (bicyclic) bond motifs is 5. The van der Waals surface area contributed by atoms with Gasteiger partial charge >= 0.3 is 5.97 Å². The van der Waals surface area contributed by atoms with E-state index in [1.807, 2.05) is 20.1 Å². The van der Waals surface area contributed by atoms with Crippen LogP contribution in [0.2, 0.25) is 0 Å². The first-order chi connectivity index (χ1) is 16.6. The van der Waals surface area contributed by atoms with E-state index in [0.29, 0.717) is 41.9 Å². The van der Waals surface area contributed by atoms with Crippen molar-refractivity contribution in [2.24, 2.45) is 52.3 Å². The Morgan fingerprint density at radius 1 is 1.06 bits per heavy atom. The van der Waals surface area contributed by atoms with Crippen LogP contribution in [0.3, 0.4) is 0 Å². The SMILES string of the molecule is CCC(C)C(=O)OC1CCC2(C)C(CCC3C2CC(O)C2(C)C(C(C)CCC(=O)SC)CCC32)C1. The van der Waals surface area contributed by atoms with Gasteiger partial charge in [0.05, 0.1) is 12.0 Å². The number of rotatable bonds is 7. The molecule has 0 aromatic carbocycles. The molecule has 4 nitrogen and oxygen atoms in total. The van der Waals surface area contributed by atoms with Crippen LogP contribution in [-0.2, 0) is 14.3 Å². The summed E-state index contributed by atoms with van der Waals surface area (Å²) in [5, 5.41) is 12.0. The Bertz CT molecular complexity index is 784. The van der Waals surface area contributed by atoms with E-state index < -0.39 is 0 Å². The van der Waals surface area contributed by atoms with Gasteiger partial charge in [-0.05, 0) is 117 Å². The molecule has 11 atom stereocenters. The average Bonchev–Trinajstić information content (AvgIpc) is 3.21. The third-order valence-electron chi connectivity index (χ3n) is 11.8. The van der Waals surface area contributed by atoms with E-state index in [1.165, 1.54) is 37.4 Å². The third-order valence-corrected chi connectivity index (χ3v) is 12.5. The Labute approximate surface area is 218 Å². The number of esters is 1. The summed E-state index contributed by atoms with van der Waals surface area (Å²) in [4.78, 5) is 24.4. The monoisotopic (exact) mass is 506 g/mol. The number of hydrogen-bond donors (Lipinski definition) is 1. The molecule has 0 saturated heterocycles. The summed E-state index contributed by atoms with van der Waals surface area (Å²) < 4.78 is 5.95. The zero-order valence-electron chi connectivity index (χ0n) is 23.1. The summed E-state index contributed by atoms with van der Waals surface area (Å²) in [6.45, 7) is 11.2. The fraction of sp³-hybridized carbons (Fsp3) is 0.933. The van der Waals surface area contributed by atoms with Crippen LogP contribution in [0.4, 0.5) is 0 Å². The van der Waals surface area contributed by atoms with E-state index in [0.717, 1.165) is 38.5 Å². The van der Waals surface area contributed by atoms with Gasteiger partial charge in [0.1, 0.15) is 6.10 Å². The second-order valence-electron chi connectivity index (χ2n) is 13.2. The standard InChI is InChI=1S/C30H50O4S/c1-7-18(2)28(33)34-21-14-15-29(4)20(16-21)9-10-22-24-12-11-23(19(3)8-13-27(32)35-6)30(24,5)26(31)17-25(22)29/h18-26,31H,7-17H2,1-6H3. The lowest BCUT2D eigenvalue weighted by molar-refractivity contribution is -0.183. The van der Waals surface area contributed by atoms with Gasteiger partial charge in [-0.1, -0.05) is 46.4 Å². The molecule has 5 heteroatoms. The van der Waals surface area contributed by atoms with Crippen molar-refractivity contribution >= 4 is 22.8 Å². The summed E-state index contributed by atoms with van der Waals surface area (Å²) >= 11 is 1.35. The number of ether oxygens (including phenoxy) is 1. The number of aliphatic hydroxyl groups excluding tert-OH is 1. The normalized spacial score (nSPS) is 44.5. The first kappa shape index (κ1) is 27.5. The highest BCUT2D eigenvalue weighted by Crippen LogP contribution is 2.68. The molecule has 4 aliphatic carbocycles. The van der Waals surface area contributed by atoms with Gasteiger partial charge in [0.15, 0.2) is 5.12 Å². The topological polar surface area (TPSA) is 63.6 Å². The molecule has 0 radical (unpaired) electrons. The van der Waals surface area contributed by atoms with Gasteiger partial charge in [-0.25, -0.2) is 0 Å². The molecule has 0 amide bonds. The predicted octanol–water partition coefficient (Wildman–Crippen LogP) is 6.88. The van der Waals surface area contributed by atoms with E-state index in [9.17, 15) is 14.7 Å². The van der Waals surface area contributed by atoms with E-state index in [-0.39, 0.29) is 40.0 Å². The minimum atomic E-state index is -0.253. The highest BCUT2D eigenvalue weighted by atomic mass is 32.2. The van der Waals surface area contributed by atoms with Crippen LogP contribution in [-0.4, -0.2) is 34.7 Å². The fourth-order valence-electron chi connectivity index (χ4n) is 9.35. The molecule has 4 aliphatic rings. The zero-order chi connectivity index (χ0) is 25.5. The molecule has 4 rings (SSSR count). The third kappa shape index (κ3) is 4.87. The Kier molecular flexibility index (Phi) is 8.38. The van der Waals surface area contributed by atoms with Crippen molar-refractivity contribution in [3.63, 3.8) is 0 Å². The number of carbonyl (C=O) groups excluding carboxylic acids is 2. The van der Waals surface area contributed by atoms with Crippen molar-refractivity contribution in [2.45, 2.75) is 117 Å². The van der Waals surface area contributed by atoms with Crippen LogP contribution in [0, 0.1) is 52.3 Å². The summed E-state index contributed by atoms with van der Waals surface area (Å²) in [7, 11) is 0. The lowest BCUT2D eigenvalue weighted by atomic mass is 9.43. The molecule has 11 unspecified atom stereocenters. The smallest absolute Gasteiger partial charge is 0.308 e. The van der Waals surface area contributed by atoms with E-state index in [4.69, 9.17) is 4.74 Å². The Morgan fingerprint density at radius 2 is 1.80 bits per heavy atom. The molecule has 4 fully saturated rings. The van der Waals surface area contributed by atoms with E-state index in [1.54, 1.807) is 0 Å². The molecule has 0 aromatic heterocycles. The Balaban J connectivity index is 1.45. The van der Waals surface area contributed by atoms with Crippen molar-refractivity contribution in [2.75, 3.05) is 6.26 Å². The minimum absolute atomic E-state index is 0.0123.